The first-order chi connectivity index (χ1) is 13.8. The minimum Gasteiger partial charge on any atom is -0.480 e. The fraction of sp³-hybridized carbons (Fsp3) is 0.571. The van der Waals surface area contributed by atoms with Gasteiger partial charge in [-0.15, -0.1) is 0 Å². The lowest BCUT2D eigenvalue weighted by Gasteiger charge is -2.25. The Morgan fingerprint density at radius 1 is 1.23 bits per heavy atom. The van der Waals surface area contributed by atoms with Crippen LogP contribution in [0, 0.1) is 6.92 Å². The number of carbonyl (C=O) groups is 2. The van der Waals surface area contributed by atoms with Crippen molar-refractivity contribution in [3.8, 4) is 0 Å². The summed E-state index contributed by atoms with van der Waals surface area (Å²) >= 11 is 0. The second-order valence-corrected chi connectivity index (χ2v) is 8.23. The van der Waals surface area contributed by atoms with Crippen LogP contribution in [0.25, 0.3) is 0 Å². The van der Waals surface area contributed by atoms with Gasteiger partial charge in [0.25, 0.3) is 5.56 Å². The monoisotopic (exact) mass is 453 g/mol. The number of ether oxygens (including phenoxy) is 1. The molecule has 0 amide bonds. The Hall–Kier alpha value is -2.39. The highest BCUT2D eigenvalue weighted by atomic mass is 31.2. The normalized spacial score (nSPS) is 25.9. The van der Waals surface area contributed by atoms with Gasteiger partial charge in [-0.2, -0.15) is 4.67 Å². The molecule has 0 bridgehead atoms. The first-order valence-electron chi connectivity index (χ1n) is 8.33. The third-order valence-corrected chi connectivity index (χ3v) is 5.64. The van der Waals surface area contributed by atoms with Gasteiger partial charge in [-0.05, 0) is 6.92 Å². The van der Waals surface area contributed by atoms with Gasteiger partial charge < -0.3 is 30.1 Å². The molecule has 1 aromatic heterocycles. The molecule has 0 saturated carbocycles. The van der Waals surface area contributed by atoms with Crippen molar-refractivity contribution in [2.75, 3.05) is 19.7 Å². The fourth-order valence-corrected chi connectivity index (χ4v) is 3.77. The summed E-state index contributed by atoms with van der Waals surface area (Å²) < 4.78 is 23.3. The van der Waals surface area contributed by atoms with Crippen molar-refractivity contribution in [1.29, 1.82) is 0 Å². The maximum Gasteiger partial charge on any atom is 0.406 e. The molecule has 1 aliphatic heterocycles. The zero-order chi connectivity index (χ0) is 22.8. The summed E-state index contributed by atoms with van der Waals surface area (Å²) in [5.74, 6) is -3.18. The molecule has 15 nitrogen and oxygen atoms in total. The molecule has 0 aromatic carbocycles. The average molecular weight is 453 g/mol. The van der Waals surface area contributed by atoms with Crippen LogP contribution in [-0.2, 0) is 23.4 Å². The number of aryl methyl sites for hydroxylation is 1. The Balaban J connectivity index is 2.15. The van der Waals surface area contributed by atoms with E-state index in [9.17, 15) is 38.8 Å². The second kappa shape index (κ2) is 9.18. The van der Waals surface area contributed by atoms with Crippen LogP contribution in [0.3, 0.4) is 0 Å². The molecule has 1 unspecified atom stereocenters. The van der Waals surface area contributed by atoms with E-state index in [2.05, 4.69) is 0 Å². The third kappa shape index (κ3) is 5.40. The van der Waals surface area contributed by atoms with Crippen LogP contribution in [0.5, 0.6) is 0 Å². The fourth-order valence-electron chi connectivity index (χ4n) is 2.67. The minimum absolute atomic E-state index is 0.109. The molecule has 1 fully saturated rings. The third-order valence-electron chi connectivity index (χ3n) is 4.16. The molecule has 30 heavy (non-hydrogen) atoms. The number of carboxylic acids is 2. The first kappa shape index (κ1) is 23.9. The Labute approximate surface area is 167 Å². The van der Waals surface area contributed by atoms with E-state index in [1.807, 2.05) is 4.98 Å². The highest BCUT2D eigenvalue weighted by Crippen LogP contribution is 2.46. The number of nitrogens with one attached hydrogen (secondary N) is 1. The Kier molecular flexibility index (Phi) is 7.31. The number of hydrogen-bond acceptors (Lipinski definition) is 9. The van der Waals surface area contributed by atoms with Crippen molar-refractivity contribution in [2.24, 2.45) is 0 Å². The number of aliphatic hydroxyl groups excluding tert-OH is 2. The van der Waals surface area contributed by atoms with Gasteiger partial charge in [-0.3, -0.25) is 28.5 Å². The van der Waals surface area contributed by atoms with Crippen molar-refractivity contribution < 1.29 is 48.7 Å². The zero-order valence-electron chi connectivity index (χ0n) is 15.4. The molecule has 0 aliphatic carbocycles. The summed E-state index contributed by atoms with van der Waals surface area (Å²) in [6, 6.07) is 0. The summed E-state index contributed by atoms with van der Waals surface area (Å²) in [6.45, 7) is -1.71. The lowest BCUT2D eigenvalue weighted by atomic mass is 10.1. The molecule has 1 saturated heterocycles. The minimum atomic E-state index is -4.94. The molecular weight excluding hydrogens is 433 g/mol. The number of aromatic amines is 1. The second-order valence-electron chi connectivity index (χ2n) is 6.42. The largest absolute Gasteiger partial charge is 0.480 e. The number of aliphatic carboxylic acids is 2. The van der Waals surface area contributed by atoms with Gasteiger partial charge in [0.15, 0.2) is 6.23 Å². The Bertz CT molecular complexity index is 958. The molecule has 0 radical (unpaired) electrons. The first-order valence-corrected chi connectivity index (χ1v) is 9.86. The van der Waals surface area contributed by atoms with Gasteiger partial charge in [0, 0.05) is 11.8 Å². The Morgan fingerprint density at radius 2 is 1.80 bits per heavy atom. The maximum atomic E-state index is 12.3. The van der Waals surface area contributed by atoms with E-state index >= 15 is 0 Å². The standard InChI is InChI=1S/C14H20N3O12P/c1-6-2-17(14(25)15-12(6)24)13-11(23)10(22)7(29-13)5-28-30(26,27)16(3-8(18)19)4-9(20)21/h2,7,10-11,13,22-23H,3-5H2,1H3,(H,18,19)(H,20,21)(H,26,27)(H,15,24,25)/t7-,10-,11-,13-/m1/s1. The number of nitrogens with zero attached hydrogens (tertiary/aromatic N) is 2. The molecule has 168 valence electrons. The predicted molar refractivity (Wildman–Crippen MR) is 94.6 cm³/mol. The zero-order valence-corrected chi connectivity index (χ0v) is 16.3. The maximum absolute atomic E-state index is 12.3. The molecule has 0 spiro atoms. The van der Waals surface area contributed by atoms with Crippen LogP contribution in [0.2, 0.25) is 0 Å². The van der Waals surface area contributed by atoms with Crippen LogP contribution < -0.4 is 11.2 Å². The molecule has 1 aromatic rings. The van der Waals surface area contributed by atoms with Crippen molar-refractivity contribution in [1.82, 2.24) is 14.2 Å². The average Bonchev–Trinajstić information content (AvgIpc) is 2.90. The van der Waals surface area contributed by atoms with E-state index < -0.39 is 75.2 Å². The number of rotatable bonds is 9. The number of carboxylic acid groups (broad SMARTS) is 2. The quantitative estimate of drug-likeness (QED) is 0.206. The summed E-state index contributed by atoms with van der Waals surface area (Å²) in [6.07, 6.45) is -5.20. The van der Waals surface area contributed by atoms with Gasteiger partial charge in [-0.25, -0.2) is 9.36 Å². The van der Waals surface area contributed by atoms with E-state index in [0.29, 0.717) is 0 Å². The van der Waals surface area contributed by atoms with Crippen molar-refractivity contribution in [2.45, 2.75) is 31.5 Å². The topological polar surface area (TPSA) is 229 Å². The van der Waals surface area contributed by atoms with Crippen molar-refractivity contribution in [3.05, 3.63) is 32.6 Å². The van der Waals surface area contributed by atoms with E-state index in [1.165, 1.54) is 6.92 Å². The van der Waals surface area contributed by atoms with E-state index in [1.54, 1.807) is 0 Å². The molecule has 2 heterocycles. The van der Waals surface area contributed by atoms with E-state index in [4.69, 9.17) is 19.5 Å². The highest BCUT2D eigenvalue weighted by molar-refractivity contribution is 7.50. The molecular formula is C14H20N3O12P. The highest BCUT2D eigenvalue weighted by Gasteiger charge is 2.45. The molecule has 6 N–H and O–H groups in total. The smallest absolute Gasteiger partial charge is 0.406 e. The number of aliphatic hydroxyl groups is 2. The molecule has 1 aliphatic rings. The van der Waals surface area contributed by atoms with Crippen LogP contribution in [-0.4, -0.2) is 89.5 Å². The number of H-pyrrole nitrogens is 1. The molecule has 5 atom stereocenters. The van der Waals surface area contributed by atoms with Gasteiger partial charge in [0.2, 0.25) is 0 Å². The molecule has 16 heteroatoms. The van der Waals surface area contributed by atoms with Gasteiger partial charge in [0.05, 0.1) is 6.61 Å². The summed E-state index contributed by atoms with van der Waals surface area (Å²) in [4.78, 5) is 56.9. The van der Waals surface area contributed by atoms with Crippen LogP contribution in [0.4, 0.5) is 0 Å². The van der Waals surface area contributed by atoms with Crippen molar-refractivity contribution in [3.63, 3.8) is 0 Å². The lowest BCUT2D eigenvalue weighted by molar-refractivity contribution is -0.140. The van der Waals surface area contributed by atoms with Gasteiger partial charge in [0.1, 0.15) is 31.4 Å². The molecule has 2 rings (SSSR count). The number of aromatic nitrogens is 2. The number of hydrogen-bond donors (Lipinski definition) is 6. The van der Waals surface area contributed by atoms with Crippen LogP contribution in [0.1, 0.15) is 11.8 Å². The van der Waals surface area contributed by atoms with E-state index in [0.717, 1.165) is 10.8 Å². The van der Waals surface area contributed by atoms with Gasteiger partial charge in [-0.1, -0.05) is 0 Å². The summed E-state index contributed by atoms with van der Waals surface area (Å²) in [7, 11) is -4.94. The summed E-state index contributed by atoms with van der Waals surface area (Å²) in [5.41, 5.74) is -1.50. The van der Waals surface area contributed by atoms with Gasteiger partial charge >= 0.3 is 25.4 Å². The van der Waals surface area contributed by atoms with Crippen LogP contribution >= 0.6 is 7.75 Å². The van der Waals surface area contributed by atoms with Crippen molar-refractivity contribution >= 4 is 19.7 Å². The summed E-state index contributed by atoms with van der Waals surface area (Å²) in [5, 5.41) is 37.8. The Morgan fingerprint density at radius 3 is 2.33 bits per heavy atom. The predicted octanol–water partition coefficient (Wildman–Crippen LogP) is -2.95. The van der Waals surface area contributed by atoms with E-state index in [-0.39, 0.29) is 10.2 Å². The SMILES string of the molecule is Cc1cn([C@@H]2O[C@H](COP(=O)(O)N(CC(=O)O)CC(=O)O)[C@@H](O)[C@H]2O)c(=O)[nH]c1=O. The lowest BCUT2D eigenvalue weighted by Crippen LogP contribution is -2.38. The van der Waals surface area contributed by atoms with Crippen LogP contribution in [0.15, 0.2) is 15.8 Å².